The Morgan fingerprint density at radius 2 is 1.39 bits per heavy atom. The molecule has 0 aliphatic heterocycles. The number of carbonyl (C=O) groups is 1. The predicted molar refractivity (Wildman–Crippen MR) is 188 cm³/mol. The van der Waals surface area contributed by atoms with Crippen LogP contribution in [-0.4, -0.2) is 48.4 Å². The van der Waals surface area contributed by atoms with Gasteiger partial charge in [-0.2, -0.15) is 8.78 Å². The number of esters is 1. The van der Waals surface area contributed by atoms with E-state index >= 15 is 0 Å². The Morgan fingerprint density at radius 3 is 1.93 bits per heavy atom. The van der Waals surface area contributed by atoms with E-state index in [1.807, 2.05) is 0 Å². The lowest BCUT2D eigenvalue weighted by Crippen LogP contribution is -2.25. The van der Waals surface area contributed by atoms with Crippen LogP contribution in [0.15, 0.2) is 62.9 Å². The lowest BCUT2D eigenvalue weighted by Gasteiger charge is -2.26. The molecule has 19 heteroatoms. The third kappa shape index (κ3) is 9.25. The van der Waals surface area contributed by atoms with Crippen molar-refractivity contribution in [1.29, 1.82) is 0 Å². The van der Waals surface area contributed by atoms with Crippen LogP contribution < -0.4 is 19.1 Å². The Bertz CT molecular complexity index is 2090. The number of carbonyl (C=O) groups excluding carboxylic acids is 1. The fourth-order valence-corrected chi connectivity index (χ4v) is 5.25. The van der Waals surface area contributed by atoms with Crippen molar-refractivity contribution in [3.8, 4) is 17.2 Å². The predicted octanol–water partition coefficient (Wildman–Crippen LogP) is 9.16. The largest absolute Gasteiger partial charge is 0.495 e. The Balaban J connectivity index is 1.53. The first-order valence-corrected chi connectivity index (χ1v) is 16.3. The summed E-state index contributed by atoms with van der Waals surface area (Å²) in [5, 5.41) is 48.0. The minimum Gasteiger partial charge on any atom is -0.495 e. The summed E-state index contributed by atoms with van der Waals surface area (Å²) in [4.78, 5) is 24.5. The summed E-state index contributed by atoms with van der Waals surface area (Å²) in [6.07, 6.45) is -0.272. The van der Waals surface area contributed by atoms with Gasteiger partial charge in [0.25, 0.3) is 5.69 Å². The standard InChI is InChI=1S/C35H33ClF4N6O8/c1-5-45(10-6-7-30(49)54-35-33(39)31(37)18(2)32(38)34(35)40)27-12-20(17-48)25(15-29(27)53-4)43-44-26-11-19(16-47)24(14-28(26)52-3)42-41-23-9-8-21(46(50)51)13-22(23)36/h8-9,11-15,47-48H,5-7,10,16-17H2,1-4H3. The smallest absolute Gasteiger partial charge is 0.311 e. The number of rotatable bonds is 16. The number of halogens is 5. The molecule has 2 N–H and O–H groups in total. The Hall–Kier alpha value is -5.72. The quantitative estimate of drug-likeness (QED) is 0.0213. The van der Waals surface area contributed by atoms with Crippen molar-refractivity contribution in [3.63, 3.8) is 0 Å². The average molecular weight is 777 g/mol. The summed E-state index contributed by atoms with van der Waals surface area (Å²) in [7, 11) is 2.77. The lowest BCUT2D eigenvalue weighted by atomic mass is 10.1. The molecule has 14 nitrogen and oxygen atoms in total. The van der Waals surface area contributed by atoms with Crippen molar-refractivity contribution in [1.82, 2.24) is 0 Å². The molecule has 0 aliphatic carbocycles. The highest BCUT2D eigenvalue weighted by Gasteiger charge is 2.26. The maximum atomic E-state index is 14.2. The molecule has 0 saturated carbocycles. The van der Waals surface area contributed by atoms with Crippen LogP contribution in [-0.2, 0) is 18.0 Å². The zero-order chi connectivity index (χ0) is 39.7. The second-order valence-corrected chi connectivity index (χ2v) is 11.7. The molecule has 0 fully saturated rings. The molecule has 0 radical (unpaired) electrons. The SMILES string of the molecule is CCN(CCCC(=O)Oc1c(F)c(F)c(C)c(F)c1F)c1cc(CO)c(N=Nc2cc(CO)c(N=Nc3ccc([N+](=O)[O-])cc3Cl)cc2OC)cc1OC. The van der Waals surface area contributed by atoms with Gasteiger partial charge in [-0.25, -0.2) is 8.78 Å². The fourth-order valence-electron chi connectivity index (χ4n) is 5.04. The first-order chi connectivity index (χ1) is 25.8. The zero-order valence-corrected chi connectivity index (χ0v) is 30.0. The number of non-ortho nitro benzene ring substituents is 1. The maximum absolute atomic E-state index is 14.2. The van der Waals surface area contributed by atoms with Gasteiger partial charge >= 0.3 is 5.97 Å². The second kappa shape index (κ2) is 18.4. The number of ether oxygens (including phenoxy) is 3. The van der Waals surface area contributed by atoms with Gasteiger partial charge in [-0.05, 0) is 38.5 Å². The van der Waals surface area contributed by atoms with Crippen LogP contribution in [0.25, 0.3) is 0 Å². The first-order valence-electron chi connectivity index (χ1n) is 16.0. The van der Waals surface area contributed by atoms with Gasteiger partial charge in [0.2, 0.25) is 17.4 Å². The number of nitro benzene ring substituents is 1. The number of aliphatic hydroxyl groups excluding tert-OH is 2. The van der Waals surface area contributed by atoms with Crippen molar-refractivity contribution in [2.45, 2.75) is 39.9 Å². The molecule has 0 aliphatic rings. The molecule has 0 aromatic heterocycles. The number of hydrogen-bond donors (Lipinski definition) is 2. The Labute approximate surface area is 310 Å². The van der Waals surface area contributed by atoms with Crippen LogP contribution in [0.1, 0.15) is 36.5 Å². The molecule has 4 aromatic carbocycles. The van der Waals surface area contributed by atoms with Gasteiger partial charge in [-0.15, -0.1) is 20.5 Å². The highest BCUT2D eigenvalue weighted by atomic mass is 35.5. The Morgan fingerprint density at radius 1 is 0.833 bits per heavy atom. The fraction of sp³-hybridized carbons (Fsp3) is 0.286. The summed E-state index contributed by atoms with van der Waals surface area (Å²) in [5.41, 5.74) is 0.724. The van der Waals surface area contributed by atoms with Crippen molar-refractivity contribution < 1.29 is 51.7 Å². The van der Waals surface area contributed by atoms with Crippen molar-refractivity contribution in [3.05, 3.63) is 97.6 Å². The monoisotopic (exact) mass is 776 g/mol. The number of benzene rings is 4. The number of nitrogens with zero attached hydrogens (tertiary/aromatic N) is 6. The van der Waals surface area contributed by atoms with Crippen LogP contribution in [0.4, 0.5) is 51.7 Å². The molecular formula is C35H33ClF4N6O8. The summed E-state index contributed by atoms with van der Waals surface area (Å²) >= 11 is 6.11. The zero-order valence-electron chi connectivity index (χ0n) is 29.2. The molecule has 0 saturated heterocycles. The number of nitro groups is 1. The van der Waals surface area contributed by atoms with Crippen molar-refractivity contribution in [2.75, 3.05) is 32.2 Å². The number of methoxy groups -OCH3 is 2. The molecule has 54 heavy (non-hydrogen) atoms. The van der Waals surface area contributed by atoms with Crippen molar-refractivity contribution in [2.24, 2.45) is 20.5 Å². The Kier molecular flexibility index (Phi) is 13.9. The van der Waals surface area contributed by atoms with Crippen LogP contribution in [0, 0.1) is 40.3 Å². The van der Waals surface area contributed by atoms with Gasteiger partial charge in [0.1, 0.15) is 22.9 Å². The first kappa shape index (κ1) is 41.0. The molecule has 0 atom stereocenters. The molecular weight excluding hydrogens is 744 g/mol. The molecule has 4 aromatic rings. The van der Waals surface area contributed by atoms with Gasteiger partial charge < -0.3 is 29.3 Å². The molecule has 0 spiro atoms. The number of hydrogen-bond acceptors (Lipinski definition) is 13. The van der Waals surface area contributed by atoms with Crippen LogP contribution in [0.3, 0.4) is 0 Å². The molecule has 0 amide bonds. The third-order valence-corrected chi connectivity index (χ3v) is 8.27. The normalized spacial score (nSPS) is 11.4. The maximum Gasteiger partial charge on any atom is 0.311 e. The van der Waals surface area contributed by atoms with E-state index in [1.54, 1.807) is 17.9 Å². The van der Waals surface area contributed by atoms with E-state index in [0.29, 0.717) is 23.5 Å². The van der Waals surface area contributed by atoms with Crippen LogP contribution in [0.5, 0.6) is 17.2 Å². The van der Waals surface area contributed by atoms with Crippen molar-refractivity contribution >= 4 is 51.7 Å². The molecule has 0 bridgehead atoms. The number of anilines is 1. The molecule has 0 heterocycles. The van der Waals surface area contributed by atoms with Gasteiger partial charge in [0.05, 0.1) is 54.4 Å². The van der Waals surface area contributed by atoms with Gasteiger partial charge in [0, 0.05) is 60.5 Å². The minimum absolute atomic E-state index is 0.00843. The molecule has 286 valence electrons. The summed E-state index contributed by atoms with van der Waals surface area (Å²) in [6, 6.07) is 9.69. The van der Waals surface area contributed by atoms with E-state index in [9.17, 15) is 42.7 Å². The summed E-state index contributed by atoms with van der Waals surface area (Å²) in [5.74, 6) is -9.03. The van der Waals surface area contributed by atoms with Gasteiger partial charge in [-0.3, -0.25) is 14.9 Å². The van der Waals surface area contributed by atoms with Crippen LogP contribution >= 0.6 is 11.6 Å². The highest BCUT2D eigenvalue weighted by Crippen LogP contribution is 2.40. The molecule has 0 unspecified atom stereocenters. The lowest BCUT2D eigenvalue weighted by molar-refractivity contribution is -0.384. The summed E-state index contributed by atoms with van der Waals surface area (Å²) < 4.78 is 71.8. The van der Waals surface area contributed by atoms with E-state index in [1.165, 1.54) is 44.6 Å². The average Bonchev–Trinajstić information content (AvgIpc) is 3.17. The highest BCUT2D eigenvalue weighted by molar-refractivity contribution is 6.33. The second-order valence-electron chi connectivity index (χ2n) is 11.3. The van der Waals surface area contributed by atoms with E-state index in [0.717, 1.165) is 13.0 Å². The molecule has 4 rings (SSSR count). The van der Waals surface area contributed by atoms with E-state index in [-0.39, 0.29) is 64.2 Å². The summed E-state index contributed by atoms with van der Waals surface area (Å²) in [6.45, 7) is 2.27. The number of azo groups is 2. The minimum atomic E-state index is -1.81. The third-order valence-electron chi connectivity index (χ3n) is 7.96. The van der Waals surface area contributed by atoms with E-state index in [4.69, 9.17) is 21.1 Å². The van der Waals surface area contributed by atoms with Crippen LogP contribution in [0.2, 0.25) is 5.02 Å². The number of aliphatic hydroxyl groups is 2. The van der Waals surface area contributed by atoms with Gasteiger partial charge in [-0.1, -0.05) is 11.6 Å². The van der Waals surface area contributed by atoms with Gasteiger partial charge in [0.15, 0.2) is 11.6 Å². The van der Waals surface area contributed by atoms with E-state index in [2.05, 4.69) is 25.2 Å². The van der Waals surface area contributed by atoms with E-state index < -0.39 is 58.7 Å². The topological polar surface area (TPSA) is 181 Å².